The number of carbonyl (C=O) groups excluding carboxylic acids is 1. The summed E-state index contributed by atoms with van der Waals surface area (Å²) in [6, 6.07) is 10.5. The van der Waals surface area contributed by atoms with E-state index < -0.39 is 0 Å². The molecule has 0 unspecified atom stereocenters. The van der Waals surface area contributed by atoms with E-state index in [9.17, 15) is 4.79 Å². The van der Waals surface area contributed by atoms with E-state index in [1.807, 2.05) is 18.2 Å². The summed E-state index contributed by atoms with van der Waals surface area (Å²) >= 11 is 1.67. The van der Waals surface area contributed by atoms with Crippen LogP contribution in [0.3, 0.4) is 0 Å². The third kappa shape index (κ3) is 3.82. The average molecular weight is 342 g/mol. The molecule has 0 radical (unpaired) electrons. The molecule has 2 aliphatic rings. The van der Waals surface area contributed by atoms with Gasteiger partial charge in [0.15, 0.2) is 0 Å². The highest BCUT2D eigenvalue weighted by molar-refractivity contribution is 7.14. The summed E-state index contributed by atoms with van der Waals surface area (Å²) in [6.07, 6.45) is 4.21. The summed E-state index contributed by atoms with van der Waals surface area (Å²) in [6.45, 7) is 2.87. The first kappa shape index (κ1) is 15.7. The molecule has 1 aliphatic carbocycles. The van der Waals surface area contributed by atoms with E-state index in [0.717, 1.165) is 60.9 Å². The summed E-state index contributed by atoms with van der Waals surface area (Å²) in [5.74, 6) is 0.575. The van der Waals surface area contributed by atoms with Gasteiger partial charge in [-0.1, -0.05) is 41.7 Å². The van der Waals surface area contributed by atoms with E-state index in [1.54, 1.807) is 11.3 Å². The second kappa shape index (κ2) is 6.99. The molecule has 4 rings (SSSR count). The summed E-state index contributed by atoms with van der Waals surface area (Å²) < 4.78 is 0. The lowest BCUT2D eigenvalue weighted by Crippen LogP contribution is -2.44. The van der Waals surface area contributed by atoms with Crippen LogP contribution in [0.15, 0.2) is 30.3 Å². The normalized spacial score (nSPS) is 19.3. The minimum atomic E-state index is 0.269. The maximum absolute atomic E-state index is 11.8. The zero-order valence-corrected chi connectivity index (χ0v) is 14.5. The summed E-state index contributed by atoms with van der Waals surface area (Å²) in [7, 11) is 0. The predicted octanol–water partition coefficient (Wildman–Crippen LogP) is 2.70. The minimum absolute atomic E-state index is 0.269. The first-order valence-corrected chi connectivity index (χ1v) is 9.50. The molecule has 1 saturated heterocycles. The molecule has 1 N–H and O–H groups in total. The molecule has 1 aromatic heterocycles. The lowest BCUT2D eigenvalue weighted by atomic mass is 10.0. The summed E-state index contributed by atoms with van der Waals surface area (Å²) in [5.41, 5.74) is 1.13. The van der Waals surface area contributed by atoms with Gasteiger partial charge in [-0.3, -0.25) is 9.69 Å². The Labute approximate surface area is 146 Å². The monoisotopic (exact) mass is 342 g/mol. The number of hydrogen-bond acceptors (Lipinski definition) is 5. The maximum atomic E-state index is 11.8. The minimum Gasteiger partial charge on any atom is -0.353 e. The highest BCUT2D eigenvalue weighted by Gasteiger charge is 2.31. The van der Waals surface area contributed by atoms with Crippen LogP contribution in [0.4, 0.5) is 0 Å². The van der Waals surface area contributed by atoms with E-state index >= 15 is 0 Å². The lowest BCUT2D eigenvalue weighted by molar-refractivity contribution is -0.123. The Morgan fingerprint density at radius 3 is 2.58 bits per heavy atom. The molecule has 1 amide bonds. The van der Waals surface area contributed by atoms with Gasteiger partial charge in [0.25, 0.3) is 0 Å². The largest absolute Gasteiger partial charge is 0.353 e. The summed E-state index contributed by atoms with van der Waals surface area (Å²) in [5, 5.41) is 13.9. The SMILES string of the molecule is O=C(NC1CCN(Cc2nnc(-c3ccccc3)s2)CC1)C1CC1. The third-order valence-corrected chi connectivity index (χ3v) is 5.69. The van der Waals surface area contributed by atoms with Gasteiger partial charge in [-0.25, -0.2) is 0 Å². The van der Waals surface area contributed by atoms with Crippen LogP contribution in [0.2, 0.25) is 0 Å². The second-order valence-corrected chi connectivity index (χ2v) is 7.76. The van der Waals surface area contributed by atoms with Gasteiger partial charge in [0, 0.05) is 30.6 Å². The number of aromatic nitrogens is 2. The molecule has 0 atom stereocenters. The molecule has 2 aromatic rings. The van der Waals surface area contributed by atoms with Crippen molar-refractivity contribution in [2.75, 3.05) is 13.1 Å². The van der Waals surface area contributed by atoms with Crippen molar-refractivity contribution in [2.24, 2.45) is 5.92 Å². The number of amides is 1. The highest BCUT2D eigenvalue weighted by atomic mass is 32.1. The van der Waals surface area contributed by atoms with Crippen molar-refractivity contribution in [3.05, 3.63) is 35.3 Å². The van der Waals surface area contributed by atoms with Gasteiger partial charge >= 0.3 is 0 Å². The van der Waals surface area contributed by atoms with Gasteiger partial charge < -0.3 is 5.32 Å². The van der Waals surface area contributed by atoms with Crippen molar-refractivity contribution in [1.82, 2.24) is 20.4 Å². The zero-order valence-electron chi connectivity index (χ0n) is 13.6. The van der Waals surface area contributed by atoms with E-state index in [1.165, 1.54) is 0 Å². The zero-order chi connectivity index (χ0) is 16.4. The molecule has 0 spiro atoms. The smallest absolute Gasteiger partial charge is 0.223 e. The molecule has 2 fully saturated rings. The fourth-order valence-corrected chi connectivity index (χ4v) is 3.99. The van der Waals surface area contributed by atoms with Crippen molar-refractivity contribution in [1.29, 1.82) is 0 Å². The number of nitrogens with zero attached hydrogens (tertiary/aromatic N) is 3. The molecule has 0 bridgehead atoms. The van der Waals surface area contributed by atoms with Crippen molar-refractivity contribution in [3.8, 4) is 10.6 Å². The fraction of sp³-hybridized carbons (Fsp3) is 0.500. The van der Waals surface area contributed by atoms with Crippen LogP contribution in [0.1, 0.15) is 30.7 Å². The van der Waals surface area contributed by atoms with Crippen molar-refractivity contribution < 1.29 is 4.79 Å². The number of likely N-dealkylation sites (tertiary alicyclic amines) is 1. The molecule has 24 heavy (non-hydrogen) atoms. The Morgan fingerprint density at radius 1 is 1.12 bits per heavy atom. The third-order valence-electron chi connectivity index (χ3n) is 4.73. The first-order chi connectivity index (χ1) is 11.8. The Morgan fingerprint density at radius 2 is 1.88 bits per heavy atom. The van der Waals surface area contributed by atoms with Crippen LogP contribution in [0.25, 0.3) is 10.6 Å². The first-order valence-electron chi connectivity index (χ1n) is 8.68. The van der Waals surface area contributed by atoms with Crippen molar-refractivity contribution in [2.45, 2.75) is 38.3 Å². The van der Waals surface area contributed by atoms with Gasteiger partial charge in [-0.2, -0.15) is 0 Å². The number of rotatable bonds is 5. The number of carbonyl (C=O) groups is 1. The van der Waals surface area contributed by atoms with Crippen molar-refractivity contribution >= 4 is 17.2 Å². The van der Waals surface area contributed by atoms with E-state index in [0.29, 0.717) is 12.0 Å². The lowest BCUT2D eigenvalue weighted by Gasteiger charge is -2.31. The standard InChI is InChI=1S/C18H22N4OS/c23-17(13-6-7-13)19-15-8-10-22(11-9-15)12-16-20-21-18(24-16)14-4-2-1-3-5-14/h1-5,13,15H,6-12H2,(H,19,23). The average Bonchev–Trinajstić information content (AvgIpc) is 3.37. The topological polar surface area (TPSA) is 58.1 Å². The van der Waals surface area contributed by atoms with E-state index in [2.05, 4.69) is 32.5 Å². The number of piperidine rings is 1. The molecular formula is C18H22N4OS. The molecule has 2 heterocycles. The predicted molar refractivity (Wildman–Crippen MR) is 94.5 cm³/mol. The van der Waals surface area contributed by atoms with Crippen LogP contribution in [-0.4, -0.2) is 40.1 Å². The molecule has 1 aliphatic heterocycles. The second-order valence-electron chi connectivity index (χ2n) is 6.70. The van der Waals surface area contributed by atoms with Crippen LogP contribution in [0, 0.1) is 5.92 Å². The highest BCUT2D eigenvalue weighted by Crippen LogP contribution is 2.29. The Bertz CT molecular complexity index is 690. The maximum Gasteiger partial charge on any atom is 0.223 e. The fourth-order valence-electron chi connectivity index (χ4n) is 3.11. The Kier molecular flexibility index (Phi) is 4.58. The summed E-state index contributed by atoms with van der Waals surface area (Å²) in [4.78, 5) is 14.3. The molecule has 1 saturated carbocycles. The van der Waals surface area contributed by atoms with E-state index in [-0.39, 0.29) is 5.91 Å². The van der Waals surface area contributed by atoms with Gasteiger partial charge in [0.2, 0.25) is 5.91 Å². The van der Waals surface area contributed by atoms with Crippen LogP contribution < -0.4 is 5.32 Å². The van der Waals surface area contributed by atoms with Crippen LogP contribution in [-0.2, 0) is 11.3 Å². The number of hydrogen-bond donors (Lipinski definition) is 1. The van der Waals surface area contributed by atoms with Gasteiger partial charge in [-0.05, 0) is 25.7 Å². The van der Waals surface area contributed by atoms with E-state index in [4.69, 9.17) is 0 Å². The molecular weight excluding hydrogens is 320 g/mol. The number of nitrogens with one attached hydrogen (secondary N) is 1. The van der Waals surface area contributed by atoms with Crippen LogP contribution >= 0.6 is 11.3 Å². The number of benzene rings is 1. The Balaban J connectivity index is 1.28. The molecule has 6 heteroatoms. The quantitative estimate of drug-likeness (QED) is 0.908. The Hall–Kier alpha value is -1.79. The van der Waals surface area contributed by atoms with Gasteiger partial charge in [0.1, 0.15) is 10.0 Å². The van der Waals surface area contributed by atoms with Gasteiger partial charge in [0.05, 0.1) is 6.54 Å². The van der Waals surface area contributed by atoms with Crippen LogP contribution in [0.5, 0.6) is 0 Å². The van der Waals surface area contributed by atoms with Gasteiger partial charge in [-0.15, -0.1) is 10.2 Å². The van der Waals surface area contributed by atoms with Crippen molar-refractivity contribution in [3.63, 3.8) is 0 Å². The molecule has 5 nitrogen and oxygen atoms in total. The molecule has 1 aromatic carbocycles. The molecule has 126 valence electrons.